The van der Waals surface area contributed by atoms with Gasteiger partial charge in [0.1, 0.15) is 17.0 Å². The van der Waals surface area contributed by atoms with Crippen molar-refractivity contribution in [3.63, 3.8) is 0 Å². The monoisotopic (exact) mass is 372 g/mol. The van der Waals surface area contributed by atoms with Gasteiger partial charge in [-0.3, -0.25) is 0 Å². The van der Waals surface area contributed by atoms with E-state index >= 15 is 0 Å². The van der Waals surface area contributed by atoms with Gasteiger partial charge in [0.15, 0.2) is 5.65 Å². The predicted molar refractivity (Wildman–Crippen MR) is 96.6 cm³/mol. The number of benzene rings is 1. The topological polar surface area (TPSA) is 81.8 Å². The number of thioether (sulfide) groups is 1. The van der Waals surface area contributed by atoms with Crippen LogP contribution in [0.5, 0.6) is 0 Å². The first-order chi connectivity index (χ1) is 12.7. The Morgan fingerprint density at radius 2 is 2.19 bits per heavy atom. The molecule has 0 radical (unpaired) electrons. The molecule has 8 heteroatoms. The highest BCUT2D eigenvalue weighted by Gasteiger charge is 2.47. The number of aromatic nitrogens is 4. The van der Waals surface area contributed by atoms with Gasteiger partial charge in [-0.05, 0) is 18.2 Å². The predicted octanol–water partition coefficient (Wildman–Crippen LogP) is 2.24. The van der Waals surface area contributed by atoms with Gasteiger partial charge >= 0.3 is 0 Å². The van der Waals surface area contributed by atoms with Crippen LogP contribution in [0.4, 0.5) is 0 Å². The standard InChI is InChI=1S/C18H20N4O3S/c1-26-17-16-19-9-15(22(16)21-12-20-17)18(23)14(7-8-25-18)11-24-10-13-5-3-2-4-6-13/h2-6,9,12,14,23H,7-8,10-11H2,1H3. The lowest BCUT2D eigenvalue weighted by Gasteiger charge is -2.27. The minimum Gasteiger partial charge on any atom is -0.376 e. The van der Waals surface area contributed by atoms with Crippen LogP contribution in [0.25, 0.3) is 5.65 Å². The maximum atomic E-state index is 11.2. The second-order valence-corrected chi connectivity index (χ2v) is 6.97. The van der Waals surface area contributed by atoms with Crippen LogP contribution >= 0.6 is 11.8 Å². The average Bonchev–Trinajstić information content (AvgIpc) is 3.27. The Kier molecular flexibility index (Phi) is 4.90. The van der Waals surface area contributed by atoms with Crippen molar-refractivity contribution in [1.82, 2.24) is 19.6 Å². The van der Waals surface area contributed by atoms with Gasteiger partial charge in [0, 0.05) is 5.92 Å². The molecule has 136 valence electrons. The summed E-state index contributed by atoms with van der Waals surface area (Å²) in [6, 6.07) is 9.97. The molecule has 0 bridgehead atoms. The lowest BCUT2D eigenvalue weighted by molar-refractivity contribution is -0.216. The van der Waals surface area contributed by atoms with Gasteiger partial charge in [-0.15, -0.1) is 11.8 Å². The highest BCUT2D eigenvalue weighted by Crippen LogP contribution is 2.39. The Morgan fingerprint density at radius 3 is 3.00 bits per heavy atom. The molecule has 0 amide bonds. The number of imidazole rings is 1. The van der Waals surface area contributed by atoms with Crippen LogP contribution in [0, 0.1) is 5.92 Å². The SMILES string of the molecule is CSc1ncnn2c(C3(O)OCCC3COCc3ccccc3)cnc12. The molecule has 1 fully saturated rings. The van der Waals surface area contributed by atoms with Gasteiger partial charge in [0.05, 0.1) is 26.0 Å². The fourth-order valence-corrected chi connectivity index (χ4v) is 3.70. The summed E-state index contributed by atoms with van der Waals surface area (Å²) >= 11 is 1.48. The van der Waals surface area contributed by atoms with Gasteiger partial charge < -0.3 is 14.6 Å². The maximum Gasteiger partial charge on any atom is 0.216 e. The van der Waals surface area contributed by atoms with E-state index in [1.54, 1.807) is 10.7 Å². The normalized spacial score (nSPS) is 22.9. The van der Waals surface area contributed by atoms with E-state index in [4.69, 9.17) is 9.47 Å². The van der Waals surface area contributed by atoms with Crippen LogP contribution in [-0.4, -0.2) is 44.2 Å². The minimum absolute atomic E-state index is 0.196. The van der Waals surface area contributed by atoms with Crippen LogP contribution in [0.1, 0.15) is 17.7 Å². The minimum atomic E-state index is -1.47. The van der Waals surface area contributed by atoms with Crippen molar-refractivity contribution in [3.8, 4) is 0 Å². The summed E-state index contributed by atoms with van der Waals surface area (Å²) in [7, 11) is 0. The highest BCUT2D eigenvalue weighted by atomic mass is 32.2. The largest absolute Gasteiger partial charge is 0.376 e. The zero-order valence-electron chi connectivity index (χ0n) is 14.4. The Bertz CT molecular complexity index is 889. The summed E-state index contributed by atoms with van der Waals surface area (Å²) in [6.45, 7) is 1.35. The summed E-state index contributed by atoms with van der Waals surface area (Å²) in [5, 5.41) is 16.2. The number of fused-ring (bicyclic) bond motifs is 1. The summed E-state index contributed by atoms with van der Waals surface area (Å²) in [6.07, 6.45) is 5.71. The van der Waals surface area contributed by atoms with Gasteiger partial charge in [-0.2, -0.15) is 5.10 Å². The third kappa shape index (κ3) is 3.09. The van der Waals surface area contributed by atoms with Crippen molar-refractivity contribution < 1.29 is 14.6 Å². The molecule has 7 nitrogen and oxygen atoms in total. The number of nitrogens with zero attached hydrogens (tertiary/aromatic N) is 4. The third-order valence-corrected chi connectivity index (χ3v) is 5.28. The number of ether oxygens (including phenoxy) is 2. The average molecular weight is 372 g/mol. The Labute approximate surface area is 155 Å². The van der Waals surface area contributed by atoms with Crippen molar-refractivity contribution in [2.75, 3.05) is 19.5 Å². The summed E-state index contributed by atoms with van der Waals surface area (Å²) in [5.74, 6) is -1.67. The molecular weight excluding hydrogens is 352 g/mol. The second-order valence-electron chi connectivity index (χ2n) is 6.18. The number of hydrogen-bond donors (Lipinski definition) is 1. The smallest absolute Gasteiger partial charge is 0.216 e. The molecule has 3 heterocycles. The summed E-state index contributed by atoms with van der Waals surface area (Å²) < 4.78 is 13.2. The highest BCUT2D eigenvalue weighted by molar-refractivity contribution is 7.98. The molecule has 1 N–H and O–H groups in total. The fourth-order valence-electron chi connectivity index (χ4n) is 3.23. The Morgan fingerprint density at radius 1 is 1.35 bits per heavy atom. The molecule has 3 aromatic rings. The zero-order valence-corrected chi connectivity index (χ0v) is 15.2. The van der Waals surface area contributed by atoms with Gasteiger partial charge in [0.25, 0.3) is 0 Å². The lowest BCUT2D eigenvalue weighted by atomic mass is 9.96. The second kappa shape index (κ2) is 7.32. The number of hydrogen-bond acceptors (Lipinski definition) is 7. The van der Waals surface area contributed by atoms with Crippen LogP contribution in [0.15, 0.2) is 47.9 Å². The first kappa shape index (κ1) is 17.4. The van der Waals surface area contributed by atoms with Crippen LogP contribution in [0.2, 0.25) is 0 Å². The Balaban J connectivity index is 1.55. The van der Waals surface area contributed by atoms with Crippen molar-refractivity contribution in [3.05, 3.63) is 54.1 Å². The molecule has 2 unspecified atom stereocenters. The van der Waals surface area contributed by atoms with Gasteiger partial charge in [-0.25, -0.2) is 14.5 Å². The van der Waals surface area contributed by atoms with Crippen molar-refractivity contribution in [2.45, 2.75) is 23.8 Å². The third-order valence-electron chi connectivity index (χ3n) is 4.60. The number of rotatable bonds is 6. The maximum absolute atomic E-state index is 11.2. The van der Waals surface area contributed by atoms with E-state index in [9.17, 15) is 5.11 Å². The summed E-state index contributed by atoms with van der Waals surface area (Å²) in [4.78, 5) is 8.59. The molecule has 0 spiro atoms. The van der Waals surface area contributed by atoms with E-state index in [1.807, 2.05) is 36.6 Å². The van der Waals surface area contributed by atoms with E-state index in [1.165, 1.54) is 18.1 Å². The molecule has 0 saturated carbocycles. The van der Waals surface area contributed by atoms with Crippen LogP contribution in [-0.2, 0) is 21.9 Å². The van der Waals surface area contributed by atoms with Crippen molar-refractivity contribution in [2.24, 2.45) is 5.92 Å². The number of aliphatic hydroxyl groups is 1. The molecule has 1 saturated heterocycles. The van der Waals surface area contributed by atoms with E-state index in [2.05, 4.69) is 15.1 Å². The molecule has 26 heavy (non-hydrogen) atoms. The molecule has 2 atom stereocenters. The fraction of sp³-hybridized carbons (Fsp3) is 0.389. The van der Waals surface area contributed by atoms with Crippen molar-refractivity contribution in [1.29, 1.82) is 0 Å². The van der Waals surface area contributed by atoms with Crippen LogP contribution < -0.4 is 0 Å². The molecule has 1 aromatic carbocycles. The zero-order chi connectivity index (χ0) is 18.0. The molecule has 1 aliphatic heterocycles. The first-order valence-electron chi connectivity index (χ1n) is 8.43. The van der Waals surface area contributed by atoms with Crippen LogP contribution in [0.3, 0.4) is 0 Å². The molecule has 4 rings (SSSR count). The van der Waals surface area contributed by atoms with Gasteiger partial charge in [-0.1, -0.05) is 30.3 Å². The first-order valence-corrected chi connectivity index (χ1v) is 9.66. The van der Waals surface area contributed by atoms with E-state index in [0.29, 0.717) is 37.6 Å². The van der Waals surface area contributed by atoms with Crippen molar-refractivity contribution >= 4 is 17.4 Å². The van der Waals surface area contributed by atoms with Gasteiger partial charge in [0.2, 0.25) is 5.79 Å². The quantitative estimate of drug-likeness (QED) is 0.665. The molecule has 0 aliphatic carbocycles. The van der Waals surface area contributed by atoms with E-state index in [-0.39, 0.29) is 5.92 Å². The molecule has 2 aromatic heterocycles. The van der Waals surface area contributed by atoms with E-state index in [0.717, 1.165) is 10.6 Å². The molecular formula is C18H20N4O3S. The van der Waals surface area contributed by atoms with E-state index < -0.39 is 5.79 Å². The summed E-state index contributed by atoms with van der Waals surface area (Å²) in [5.41, 5.74) is 2.22. The Hall–Kier alpha value is -2.00. The molecule has 1 aliphatic rings. The lowest BCUT2D eigenvalue weighted by Crippen LogP contribution is -2.36.